The number of benzene rings is 1. The number of nitrogens with one attached hydrogen (secondary N) is 2. The third-order valence-corrected chi connectivity index (χ3v) is 1.79. The van der Waals surface area contributed by atoms with Crippen molar-refractivity contribution in [1.29, 1.82) is 0 Å². The van der Waals surface area contributed by atoms with Gasteiger partial charge in [-0.1, -0.05) is 6.07 Å². The van der Waals surface area contributed by atoms with Crippen LogP contribution < -0.4 is 10.6 Å². The zero-order valence-electron chi connectivity index (χ0n) is 8.13. The van der Waals surface area contributed by atoms with Gasteiger partial charge in [-0.15, -0.1) is 0 Å². The van der Waals surface area contributed by atoms with E-state index in [0.29, 0.717) is 0 Å². The van der Waals surface area contributed by atoms with E-state index in [0.717, 1.165) is 24.5 Å². The van der Waals surface area contributed by atoms with Crippen LogP contribution in [-0.4, -0.2) is 27.3 Å². The number of ether oxygens (including phenoxy) is 1. The molecule has 0 aliphatic heterocycles. The van der Waals surface area contributed by atoms with Crippen molar-refractivity contribution in [3.8, 4) is 0 Å². The molecular formula is C10H16N2O. The highest BCUT2D eigenvalue weighted by Crippen LogP contribution is 2.13. The summed E-state index contributed by atoms with van der Waals surface area (Å²) in [7, 11) is 3.61. The third kappa shape index (κ3) is 3.34. The largest absolute Gasteiger partial charge is 0.388 e. The molecule has 0 fully saturated rings. The minimum atomic E-state index is 0.726. The van der Waals surface area contributed by atoms with E-state index in [1.54, 1.807) is 7.11 Å². The molecule has 0 amide bonds. The fraction of sp³-hybridized carbons (Fsp3) is 0.400. The highest BCUT2D eigenvalue weighted by atomic mass is 16.5. The molecule has 0 saturated carbocycles. The Morgan fingerprint density at radius 2 is 2.08 bits per heavy atom. The van der Waals surface area contributed by atoms with Gasteiger partial charge < -0.3 is 15.4 Å². The number of hydrogen-bond donors (Lipinski definition) is 2. The predicted octanol–water partition coefficient (Wildman–Crippen LogP) is 1.79. The van der Waals surface area contributed by atoms with Gasteiger partial charge in [0.2, 0.25) is 0 Å². The van der Waals surface area contributed by atoms with Crippen molar-refractivity contribution in [2.75, 3.05) is 37.9 Å². The average Bonchev–Trinajstić information content (AvgIpc) is 2.19. The SMILES string of the molecule is CNc1cccc(NCCOC)c1. The van der Waals surface area contributed by atoms with Crippen molar-refractivity contribution in [1.82, 2.24) is 0 Å². The summed E-state index contributed by atoms with van der Waals surface area (Å²) in [5.41, 5.74) is 2.23. The Morgan fingerprint density at radius 3 is 2.77 bits per heavy atom. The minimum absolute atomic E-state index is 0.726. The van der Waals surface area contributed by atoms with Crippen LogP contribution in [-0.2, 0) is 4.74 Å². The fourth-order valence-corrected chi connectivity index (χ4v) is 1.08. The van der Waals surface area contributed by atoms with Crippen molar-refractivity contribution in [3.63, 3.8) is 0 Å². The maximum atomic E-state index is 4.94. The molecule has 0 atom stereocenters. The molecule has 0 aliphatic rings. The summed E-state index contributed by atoms with van der Waals surface area (Å²) in [4.78, 5) is 0. The Balaban J connectivity index is 2.46. The summed E-state index contributed by atoms with van der Waals surface area (Å²) in [6.07, 6.45) is 0. The molecule has 3 heteroatoms. The van der Waals surface area contributed by atoms with Crippen molar-refractivity contribution in [2.45, 2.75) is 0 Å². The molecule has 0 saturated heterocycles. The van der Waals surface area contributed by atoms with Gasteiger partial charge >= 0.3 is 0 Å². The van der Waals surface area contributed by atoms with E-state index in [-0.39, 0.29) is 0 Å². The molecule has 0 aromatic heterocycles. The lowest BCUT2D eigenvalue weighted by Gasteiger charge is -2.07. The second kappa shape index (κ2) is 5.43. The monoisotopic (exact) mass is 180 g/mol. The molecule has 1 aromatic rings. The van der Waals surface area contributed by atoms with E-state index in [2.05, 4.69) is 16.7 Å². The van der Waals surface area contributed by atoms with Gasteiger partial charge in [0.1, 0.15) is 0 Å². The molecule has 0 spiro atoms. The summed E-state index contributed by atoms with van der Waals surface area (Å²) in [6, 6.07) is 8.15. The Bertz CT molecular complexity index is 250. The number of hydrogen-bond acceptors (Lipinski definition) is 3. The lowest BCUT2D eigenvalue weighted by molar-refractivity contribution is 0.211. The van der Waals surface area contributed by atoms with Crippen molar-refractivity contribution in [3.05, 3.63) is 24.3 Å². The smallest absolute Gasteiger partial charge is 0.0635 e. The lowest BCUT2D eigenvalue weighted by atomic mass is 10.3. The molecule has 0 heterocycles. The van der Waals surface area contributed by atoms with Crippen LogP contribution in [0.25, 0.3) is 0 Å². The Labute approximate surface area is 79.1 Å². The first kappa shape index (κ1) is 9.86. The van der Waals surface area contributed by atoms with Gasteiger partial charge in [-0.25, -0.2) is 0 Å². The van der Waals surface area contributed by atoms with Crippen LogP contribution in [0.15, 0.2) is 24.3 Å². The van der Waals surface area contributed by atoms with E-state index >= 15 is 0 Å². The maximum Gasteiger partial charge on any atom is 0.0635 e. The first-order chi connectivity index (χ1) is 6.36. The van der Waals surface area contributed by atoms with E-state index in [1.165, 1.54) is 0 Å². The van der Waals surface area contributed by atoms with Crippen LogP contribution in [0.4, 0.5) is 11.4 Å². The normalized spacial score (nSPS) is 9.69. The zero-order valence-corrected chi connectivity index (χ0v) is 8.13. The molecular weight excluding hydrogens is 164 g/mol. The highest BCUT2D eigenvalue weighted by molar-refractivity contribution is 5.56. The third-order valence-electron chi connectivity index (χ3n) is 1.79. The van der Waals surface area contributed by atoms with Crippen LogP contribution in [0.1, 0.15) is 0 Å². The number of methoxy groups -OCH3 is 1. The summed E-state index contributed by atoms with van der Waals surface area (Å²) in [5, 5.41) is 6.34. The van der Waals surface area contributed by atoms with Gasteiger partial charge in [0.25, 0.3) is 0 Å². The van der Waals surface area contributed by atoms with E-state index in [1.807, 2.05) is 25.2 Å². The van der Waals surface area contributed by atoms with Crippen LogP contribution >= 0.6 is 0 Å². The molecule has 1 aromatic carbocycles. The lowest BCUT2D eigenvalue weighted by Crippen LogP contribution is -2.07. The molecule has 0 unspecified atom stereocenters. The van der Waals surface area contributed by atoms with Gasteiger partial charge in [0, 0.05) is 32.1 Å². The highest BCUT2D eigenvalue weighted by Gasteiger charge is 1.92. The first-order valence-electron chi connectivity index (χ1n) is 4.37. The summed E-state index contributed by atoms with van der Waals surface area (Å²) in [5.74, 6) is 0. The van der Waals surface area contributed by atoms with Crippen molar-refractivity contribution >= 4 is 11.4 Å². The molecule has 1 rings (SSSR count). The van der Waals surface area contributed by atoms with Crippen LogP contribution in [0.3, 0.4) is 0 Å². The Morgan fingerprint density at radius 1 is 1.31 bits per heavy atom. The molecule has 3 nitrogen and oxygen atoms in total. The van der Waals surface area contributed by atoms with Crippen LogP contribution in [0.2, 0.25) is 0 Å². The van der Waals surface area contributed by atoms with Gasteiger partial charge in [-0.2, -0.15) is 0 Å². The van der Waals surface area contributed by atoms with E-state index in [4.69, 9.17) is 4.74 Å². The first-order valence-corrected chi connectivity index (χ1v) is 4.37. The molecule has 2 N–H and O–H groups in total. The maximum absolute atomic E-state index is 4.94. The van der Waals surface area contributed by atoms with E-state index in [9.17, 15) is 0 Å². The van der Waals surface area contributed by atoms with Gasteiger partial charge in [0.15, 0.2) is 0 Å². The molecule has 0 radical (unpaired) electrons. The summed E-state index contributed by atoms with van der Waals surface area (Å²) >= 11 is 0. The van der Waals surface area contributed by atoms with Gasteiger partial charge in [-0.3, -0.25) is 0 Å². The van der Waals surface area contributed by atoms with Crippen molar-refractivity contribution < 1.29 is 4.74 Å². The Kier molecular flexibility index (Phi) is 4.12. The van der Waals surface area contributed by atoms with Gasteiger partial charge in [0.05, 0.1) is 6.61 Å². The standard InChI is InChI=1S/C10H16N2O/c1-11-9-4-3-5-10(8-9)12-6-7-13-2/h3-5,8,11-12H,6-7H2,1-2H3. The quantitative estimate of drug-likeness (QED) is 0.678. The van der Waals surface area contributed by atoms with Gasteiger partial charge in [-0.05, 0) is 18.2 Å². The second-order valence-electron chi connectivity index (χ2n) is 2.75. The summed E-state index contributed by atoms with van der Waals surface area (Å²) < 4.78 is 4.94. The van der Waals surface area contributed by atoms with Crippen LogP contribution in [0.5, 0.6) is 0 Å². The minimum Gasteiger partial charge on any atom is -0.388 e. The second-order valence-corrected chi connectivity index (χ2v) is 2.75. The average molecular weight is 180 g/mol. The molecule has 13 heavy (non-hydrogen) atoms. The summed E-state index contributed by atoms with van der Waals surface area (Å²) in [6.45, 7) is 1.56. The zero-order chi connectivity index (χ0) is 9.52. The topological polar surface area (TPSA) is 33.3 Å². The number of anilines is 2. The molecule has 72 valence electrons. The fourth-order valence-electron chi connectivity index (χ4n) is 1.08. The van der Waals surface area contributed by atoms with Crippen LogP contribution in [0, 0.1) is 0 Å². The Hall–Kier alpha value is -1.22. The predicted molar refractivity (Wildman–Crippen MR) is 56.4 cm³/mol. The van der Waals surface area contributed by atoms with E-state index < -0.39 is 0 Å². The molecule has 0 aliphatic carbocycles. The molecule has 0 bridgehead atoms. The van der Waals surface area contributed by atoms with Crippen molar-refractivity contribution in [2.24, 2.45) is 0 Å². The number of rotatable bonds is 5.